The van der Waals surface area contributed by atoms with Gasteiger partial charge in [0.2, 0.25) is 0 Å². The second kappa shape index (κ2) is 5.92. The first-order valence-electron chi connectivity index (χ1n) is 6.46. The van der Waals surface area contributed by atoms with E-state index in [1.807, 2.05) is 6.92 Å². The fourth-order valence-corrected chi connectivity index (χ4v) is 3.50. The lowest BCUT2D eigenvalue weighted by molar-refractivity contribution is -0.144. The van der Waals surface area contributed by atoms with Crippen LogP contribution in [0.3, 0.4) is 0 Å². The highest BCUT2D eigenvalue weighted by Gasteiger charge is 2.50. The second-order valence-corrected chi connectivity index (χ2v) is 5.82. The van der Waals surface area contributed by atoms with Gasteiger partial charge in [-0.25, -0.2) is 4.39 Å². The maximum absolute atomic E-state index is 13.6. The van der Waals surface area contributed by atoms with E-state index in [0.29, 0.717) is 17.2 Å². The molecule has 1 fully saturated rings. The lowest BCUT2D eigenvalue weighted by atomic mass is 9.96. The van der Waals surface area contributed by atoms with Crippen LogP contribution in [0.1, 0.15) is 19.8 Å². The summed E-state index contributed by atoms with van der Waals surface area (Å²) in [7, 11) is 0. The van der Waals surface area contributed by atoms with Crippen molar-refractivity contribution in [3.63, 3.8) is 0 Å². The molecular weight excluding hydrogens is 265 g/mol. The third-order valence-electron chi connectivity index (χ3n) is 3.44. The number of hydrogen-bond donors (Lipinski definition) is 2. The van der Waals surface area contributed by atoms with Crippen molar-refractivity contribution in [3.05, 3.63) is 30.1 Å². The number of thioether (sulfide) groups is 1. The maximum Gasteiger partial charge on any atom is 0.325 e. The molecule has 0 bridgehead atoms. The summed E-state index contributed by atoms with van der Waals surface area (Å²) in [6.45, 7) is 2.49. The van der Waals surface area contributed by atoms with Crippen LogP contribution in [-0.4, -0.2) is 28.9 Å². The van der Waals surface area contributed by atoms with E-state index < -0.39 is 11.5 Å². The van der Waals surface area contributed by atoms with E-state index in [4.69, 9.17) is 0 Å². The molecule has 104 valence electrons. The lowest BCUT2D eigenvalue weighted by Crippen LogP contribution is -2.56. The van der Waals surface area contributed by atoms with Crippen molar-refractivity contribution >= 4 is 17.7 Å². The standard InChI is InChI=1S/C14H18FNO2S/c1-2-16-14(13(17)18,10-7-8-10)9-19-12-6-4-3-5-11(12)15/h3-6,10,16H,2,7-9H2,1H3,(H,17,18). The SMILES string of the molecule is CCNC(CSc1ccccc1F)(C(=O)O)C1CC1. The molecule has 5 heteroatoms. The van der Waals surface area contributed by atoms with Crippen LogP contribution >= 0.6 is 11.8 Å². The summed E-state index contributed by atoms with van der Waals surface area (Å²) in [6.07, 6.45) is 1.86. The Morgan fingerprint density at radius 2 is 2.21 bits per heavy atom. The molecule has 2 rings (SSSR count). The Hall–Kier alpha value is -1.07. The quantitative estimate of drug-likeness (QED) is 0.756. The first kappa shape index (κ1) is 14.3. The van der Waals surface area contributed by atoms with E-state index in [-0.39, 0.29) is 11.7 Å². The second-order valence-electron chi connectivity index (χ2n) is 4.80. The highest BCUT2D eigenvalue weighted by molar-refractivity contribution is 7.99. The minimum absolute atomic E-state index is 0.157. The average molecular weight is 283 g/mol. The molecule has 0 aliphatic heterocycles. The van der Waals surface area contributed by atoms with Crippen LogP contribution < -0.4 is 5.32 Å². The van der Waals surface area contributed by atoms with E-state index in [0.717, 1.165) is 12.8 Å². The summed E-state index contributed by atoms with van der Waals surface area (Å²) in [5, 5.41) is 12.6. The van der Waals surface area contributed by atoms with E-state index in [9.17, 15) is 14.3 Å². The van der Waals surface area contributed by atoms with Gasteiger partial charge in [-0.3, -0.25) is 4.79 Å². The van der Waals surface area contributed by atoms with E-state index in [2.05, 4.69) is 5.32 Å². The van der Waals surface area contributed by atoms with Crippen LogP contribution in [0.4, 0.5) is 4.39 Å². The lowest BCUT2D eigenvalue weighted by Gasteiger charge is -2.30. The molecule has 1 atom stereocenters. The molecule has 1 saturated carbocycles. The molecule has 1 aromatic carbocycles. The minimum atomic E-state index is -0.929. The predicted octanol–water partition coefficient (Wildman–Crippen LogP) is 2.76. The third-order valence-corrected chi connectivity index (χ3v) is 4.68. The Morgan fingerprint density at radius 3 is 2.74 bits per heavy atom. The zero-order chi connectivity index (χ0) is 13.9. The number of nitrogens with one attached hydrogen (secondary N) is 1. The van der Waals surface area contributed by atoms with Gasteiger partial charge in [-0.05, 0) is 37.4 Å². The number of carboxylic acids is 1. The van der Waals surface area contributed by atoms with Crippen LogP contribution in [0.2, 0.25) is 0 Å². The molecule has 0 saturated heterocycles. The van der Waals surface area contributed by atoms with Crippen molar-refractivity contribution in [3.8, 4) is 0 Å². The highest BCUT2D eigenvalue weighted by Crippen LogP contribution is 2.42. The van der Waals surface area contributed by atoms with Gasteiger partial charge in [-0.1, -0.05) is 19.1 Å². The van der Waals surface area contributed by atoms with Crippen molar-refractivity contribution in [1.29, 1.82) is 0 Å². The smallest absolute Gasteiger partial charge is 0.325 e. The molecule has 0 aromatic heterocycles. The van der Waals surface area contributed by atoms with Crippen LogP contribution in [0, 0.1) is 11.7 Å². The van der Waals surface area contributed by atoms with E-state index >= 15 is 0 Å². The van der Waals surface area contributed by atoms with Crippen molar-refractivity contribution in [2.45, 2.75) is 30.2 Å². The van der Waals surface area contributed by atoms with E-state index in [1.54, 1.807) is 18.2 Å². The molecule has 1 aliphatic rings. The van der Waals surface area contributed by atoms with Gasteiger partial charge < -0.3 is 10.4 Å². The van der Waals surface area contributed by atoms with Gasteiger partial charge in [-0.2, -0.15) is 0 Å². The number of rotatable bonds is 7. The zero-order valence-corrected chi connectivity index (χ0v) is 11.7. The fourth-order valence-electron chi connectivity index (χ4n) is 2.27. The Labute approximate surface area is 116 Å². The largest absolute Gasteiger partial charge is 0.480 e. The van der Waals surface area contributed by atoms with Gasteiger partial charge in [0, 0.05) is 10.6 Å². The molecule has 0 heterocycles. The molecule has 0 radical (unpaired) electrons. The highest BCUT2D eigenvalue weighted by atomic mass is 32.2. The van der Waals surface area contributed by atoms with Crippen molar-refractivity contribution in [2.75, 3.05) is 12.3 Å². The van der Waals surface area contributed by atoms with Crippen LogP contribution in [-0.2, 0) is 4.79 Å². The Balaban J connectivity index is 2.12. The number of carbonyl (C=O) groups is 1. The summed E-state index contributed by atoms with van der Waals surface area (Å²) >= 11 is 1.27. The van der Waals surface area contributed by atoms with Crippen LogP contribution in [0.25, 0.3) is 0 Å². The predicted molar refractivity (Wildman–Crippen MR) is 73.9 cm³/mol. The fraction of sp³-hybridized carbons (Fsp3) is 0.500. The summed E-state index contributed by atoms with van der Waals surface area (Å²) in [5.74, 6) is -0.620. The summed E-state index contributed by atoms with van der Waals surface area (Å²) in [5.41, 5.74) is -0.929. The minimum Gasteiger partial charge on any atom is -0.480 e. The average Bonchev–Trinajstić information content (AvgIpc) is 3.20. The Bertz CT molecular complexity index is 465. The number of aliphatic carboxylic acids is 1. The zero-order valence-electron chi connectivity index (χ0n) is 10.9. The van der Waals surface area contributed by atoms with Gasteiger partial charge in [0.15, 0.2) is 0 Å². The summed E-state index contributed by atoms with van der Waals surface area (Å²) < 4.78 is 13.6. The van der Waals surface area contributed by atoms with Crippen LogP contribution in [0.5, 0.6) is 0 Å². The summed E-state index contributed by atoms with van der Waals surface area (Å²) in [6, 6.07) is 6.48. The number of likely N-dealkylation sites (N-methyl/N-ethyl adjacent to an activating group) is 1. The third kappa shape index (κ3) is 3.09. The van der Waals surface area contributed by atoms with Crippen LogP contribution in [0.15, 0.2) is 29.2 Å². The van der Waals surface area contributed by atoms with Gasteiger partial charge in [0.05, 0.1) is 0 Å². The molecule has 3 nitrogen and oxygen atoms in total. The number of carboxylic acid groups (broad SMARTS) is 1. The first-order chi connectivity index (χ1) is 9.10. The van der Waals surface area contributed by atoms with Crippen molar-refractivity contribution in [1.82, 2.24) is 5.32 Å². The molecule has 1 unspecified atom stereocenters. The molecule has 0 spiro atoms. The molecule has 0 amide bonds. The van der Waals surface area contributed by atoms with Gasteiger partial charge in [0.1, 0.15) is 11.4 Å². The van der Waals surface area contributed by atoms with Gasteiger partial charge in [-0.15, -0.1) is 11.8 Å². The Morgan fingerprint density at radius 1 is 1.53 bits per heavy atom. The van der Waals surface area contributed by atoms with Crippen molar-refractivity contribution < 1.29 is 14.3 Å². The molecule has 1 aromatic rings. The monoisotopic (exact) mass is 283 g/mol. The topological polar surface area (TPSA) is 49.3 Å². The normalized spacial score (nSPS) is 18.0. The number of hydrogen-bond acceptors (Lipinski definition) is 3. The summed E-state index contributed by atoms with van der Waals surface area (Å²) in [4.78, 5) is 12.1. The van der Waals surface area contributed by atoms with Gasteiger partial charge >= 0.3 is 5.97 Å². The van der Waals surface area contributed by atoms with Crippen molar-refractivity contribution in [2.24, 2.45) is 5.92 Å². The number of halogens is 1. The maximum atomic E-state index is 13.6. The molecule has 19 heavy (non-hydrogen) atoms. The Kier molecular flexibility index (Phi) is 4.47. The molecule has 2 N–H and O–H groups in total. The van der Waals surface area contributed by atoms with E-state index in [1.165, 1.54) is 17.8 Å². The first-order valence-corrected chi connectivity index (χ1v) is 7.44. The van der Waals surface area contributed by atoms with Gasteiger partial charge in [0.25, 0.3) is 0 Å². The molecular formula is C14H18FNO2S. The number of benzene rings is 1. The molecule has 1 aliphatic carbocycles.